The standard InChI is InChI=1S/C17H20F3N3O4/c1-3-4-9-26-23(14(24)11-25-2)10-12-5-7-13(8-6-12)15-21-16(27-22-15)17(18,19)20/h5-8H,3-4,9-11H2,1-2H3. The van der Waals surface area contributed by atoms with E-state index in [4.69, 9.17) is 9.57 Å². The first-order chi connectivity index (χ1) is 12.8. The van der Waals surface area contributed by atoms with Gasteiger partial charge in [-0.05, 0) is 12.0 Å². The molecule has 1 heterocycles. The second-order valence-electron chi connectivity index (χ2n) is 5.67. The number of carbonyl (C=O) groups excluding carboxylic acids is 1. The Morgan fingerprint density at radius 3 is 2.52 bits per heavy atom. The summed E-state index contributed by atoms with van der Waals surface area (Å²) in [6.07, 6.45) is -2.97. The fraction of sp³-hybridized carbons (Fsp3) is 0.471. The molecule has 0 N–H and O–H groups in total. The number of alkyl halides is 3. The summed E-state index contributed by atoms with van der Waals surface area (Å²) in [6.45, 7) is 2.46. The molecule has 0 atom stereocenters. The highest BCUT2D eigenvalue weighted by Crippen LogP contribution is 2.29. The molecular formula is C17H20F3N3O4. The van der Waals surface area contributed by atoms with E-state index < -0.39 is 12.1 Å². The van der Waals surface area contributed by atoms with Crippen LogP contribution in [0.4, 0.5) is 13.2 Å². The van der Waals surface area contributed by atoms with Crippen LogP contribution in [-0.2, 0) is 27.1 Å². The maximum atomic E-state index is 12.5. The summed E-state index contributed by atoms with van der Waals surface area (Å²) < 4.78 is 46.7. The lowest BCUT2D eigenvalue weighted by Crippen LogP contribution is -2.33. The fourth-order valence-corrected chi connectivity index (χ4v) is 2.10. The van der Waals surface area contributed by atoms with Crippen molar-refractivity contribution in [2.24, 2.45) is 0 Å². The summed E-state index contributed by atoms with van der Waals surface area (Å²) in [5.41, 5.74) is 1.08. The van der Waals surface area contributed by atoms with E-state index in [0.717, 1.165) is 18.4 Å². The third-order valence-corrected chi connectivity index (χ3v) is 3.50. The number of unbranched alkanes of at least 4 members (excludes halogenated alkanes) is 1. The minimum Gasteiger partial charge on any atom is -0.375 e. The Bertz CT molecular complexity index is 732. The van der Waals surface area contributed by atoms with Crippen LogP contribution in [0.2, 0.25) is 0 Å². The van der Waals surface area contributed by atoms with Gasteiger partial charge in [0.15, 0.2) is 0 Å². The Morgan fingerprint density at radius 1 is 1.26 bits per heavy atom. The Balaban J connectivity index is 2.07. The highest BCUT2D eigenvalue weighted by atomic mass is 19.4. The van der Waals surface area contributed by atoms with Crippen molar-refractivity contribution in [3.05, 3.63) is 35.7 Å². The van der Waals surface area contributed by atoms with Crippen LogP contribution >= 0.6 is 0 Å². The van der Waals surface area contributed by atoms with Gasteiger partial charge in [0.05, 0.1) is 13.2 Å². The van der Waals surface area contributed by atoms with Crippen molar-refractivity contribution in [2.45, 2.75) is 32.5 Å². The molecule has 27 heavy (non-hydrogen) atoms. The van der Waals surface area contributed by atoms with Gasteiger partial charge in [0.1, 0.15) is 6.61 Å². The maximum Gasteiger partial charge on any atom is 0.471 e. The van der Waals surface area contributed by atoms with E-state index in [2.05, 4.69) is 14.7 Å². The molecule has 0 saturated carbocycles. The van der Waals surface area contributed by atoms with Gasteiger partial charge in [0, 0.05) is 12.7 Å². The molecule has 0 unspecified atom stereocenters. The Labute approximate surface area is 154 Å². The van der Waals surface area contributed by atoms with Crippen LogP contribution in [0.25, 0.3) is 11.4 Å². The van der Waals surface area contributed by atoms with E-state index in [1.165, 1.54) is 12.2 Å². The van der Waals surface area contributed by atoms with Crippen molar-refractivity contribution >= 4 is 5.91 Å². The molecule has 148 valence electrons. The van der Waals surface area contributed by atoms with Crippen LogP contribution in [0.5, 0.6) is 0 Å². The van der Waals surface area contributed by atoms with Gasteiger partial charge in [-0.15, -0.1) is 0 Å². The molecule has 0 fully saturated rings. The minimum atomic E-state index is -4.69. The van der Waals surface area contributed by atoms with Crippen LogP contribution in [0.3, 0.4) is 0 Å². The first-order valence-corrected chi connectivity index (χ1v) is 8.27. The van der Waals surface area contributed by atoms with Crippen LogP contribution in [0.15, 0.2) is 28.8 Å². The predicted octanol–water partition coefficient (Wildman–Crippen LogP) is 3.46. The molecule has 1 aromatic heterocycles. The number of hydrogen-bond donors (Lipinski definition) is 0. The number of hydrogen-bond acceptors (Lipinski definition) is 6. The lowest BCUT2D eigenvalue weighted by molar-refractivity contribution is -0.194. The van der Waals surface area contributed by atoms with Gasteiger partial charge in [-0.3, -0.25) is 9.63 Å². The summed E-state index contributed by atoms with van der Waals surface area (Å²) in [5, 5.41) is 4.55. The zero-order valence-corrected chi connectivity index (χ0v) is 15.0. The maximum absolute atomic E-state index is 12.5. The van der Waals surface area contributed by atoms with E-state index in [1.54, 1.807) is 24.3 Å². The number of rotatable bonds is 9. The first kappa shape index (κ1) is 20.8. The predicted molar refractivity (Wildman–Crippen MR) is 88.0 cm³/mol. The number of halogens is 3. The molecule has 10 heteroatoms. The van der Waals surface area contributed by atoms with Gasteiger partial charge in [-0.2, -0.15) is 18.2 Å². The van der Waals surface area contributed by atoms with Crippen molar-refractivity contribution in [1.29, 1.82) is 0 Å². The average Bonchev–Trinajstić information content (AvgIpc) is 3.12. The molecule has 1 amide bonds. The molecule has 1 aromatic carbocycles. The smallest absolute Gasteiger partial charge is 0.375 e. The summed E-state index contributed by atoms with van der Waals surface area (Å²) in [7, 11) is 1.41. The second-order valence-corrected chi connectivity index (χ2v) is 5.67. The van der Waals surface area contributed by atoms with Crippen molar-refractivity contribution in [2.75, 3.05) is 20.3 Å². The highest BCUT2D eigenvalue weighted by molar-refractivity contribution is 5.76. The van der Waals surface area contributed by atoms with E-state index in [1.807, 2.05) is 6.92 Å². The molecule has 7 nitrogen and oxygen atoms in total. The van der Waals surface area contributed by atoms with Gasteiger partial charge < -0.3 is 9.26 Å². The summed E-state index contributed by atoms with van der Waals surface area (Å²) >= 11 is 0. The van der Waals surface area contributed by atoms with Gasteiger partial charge in [-0.25, -0.2) is 5.06 Å². The summed E-state index contributed by atoms with van der Waals surface area (Å²) in [5.74, 6) is -1.90. The van der Waals surface area contributed by atoms with E-state index in [-0.39, 0.29) is 24.9 Å². The molecule has 0 bridgehead atoms. The summed E-state index contributed by atoms with van der Waals surface area (Å²) in [6, 6.07) is 6.39. The fourth-order valence-electron chi connectivity index (χ4n) is 2.10. The van der Waals surface area contributed by atoms with Crippen molar-refractivity contribution in [3.63, 3.8) is 0 Å². The number of amides is 1. The topological polar surface area (TPSA) is 77.7 Å². The molecular weight excluding hydrogens is 367 g/mol. The number of nitrogens with zero attached hydrogens (tertiary/aromatic N) is 3. The highest BCUT2D eigenvalue weighted by Gasteiger charge is 2.38. The van der Waals surface area contributed by atoms with Crippen molar-refractivity contribution < 1.29 is 32.1 Å². The van der Waals surface area contributed by atoms with Gasteiger partial charge in [0.25, 0.3) is 5.91 Å². The number of aromatic nitrogens is 2. The molecule has 0 saturated heterocycles. The Hall–Kier alpha value is -2.46. The monoisotopic (exact) mass is 387 g/mol. The molecule has 2 rings (SSSR count). The molecule has 0 radical (unpaired) electrons. The lowest BCUT2D eigenvalue weighted by atomic mass is 10.1. The first-order valence-electron chi connectivity index (χ1n) is 8.27. The van der Waals surface area contributed by atoms with E-state index >= 15 is 0 Å². The number of hydroxylamine groups is 2. The summed E-state index contributed by atoms with van der Waals surface area (Å²) in [4.78, 5) is 20.9. The number of benzene rings is 1. The zero-order chi connectivity index (χ0) is 19.9. The van der Waals surface area contributed by atoms with E-state index in [9.17, 15) is 18.0 Å². The molecule has 0 aliphatic heterocycles. The third kappa shape index (κ3) is 6.04. The normalized spacial score (nSPS) is 11.6. The van der Waals surface area contributed by atoms with Crippen molar-refractivity contribution in [3.8, 4) is 11.4 Å². The number of ether oxygens (including phenoxy) is 1. The van der Waals surface area contributed by atoms with E-state index in [0.29, 0.717) is 12.2 Å². The quantitative estimate of drug-likeness (QED) is 0.484. The van der Waals surface area contributed by atoms with Gasteiger partial charge >= 0.3 is 12.1 Å². The van der Waals surface area contributed by atoms with Crippen molar-refractivity contribution in [1.82, 2.24) is 15.2 Å². The zero-order valence-electron chi connectivity index (χ0n) is 15.0. The molecule has 0 aliphatic carbocycles. The third-order valence-electron chi connectivity index (χ3n) is 3.50. The Morgan fingerprint density at radius 2 is 1.96 bits per heavy atom. The largest absolute Gasteiger partial charge is 0.471 e. The van der Waals surface area contributed by atoms with Crippen LogP contribution in [0.1, 0.15) is 31.2 Å². The average molecular weight is 387 g/mol. The molecule has 0 aliphatic rings. The SMILES string of the molecule is CCCCON(Cc1ccc(-c2noc(C(F)(F)F)n2)cc1)C(=O)COC. The van der Waals surface area contributed by atoms with Crippen LogP contribution < -0.4 is 0 Å². The number of carbonyl (C=O) groups is 1. The van der Waals surface area contributed by atoms with Gasteiger partial charge in [0.2, 0.25) is 5.82 Å². The molecule has 2 aromatic rings. The van der Waals surface area contributed by atoms with Crippen LogP contribution in [0, 0.1) is 0 Å². The minimum absolute atomic E-state index is 0.118. The number of methoxy groups -OCH3 is 1. The lowest BCUT2D eigenvalue weighted by Gasteiger charge is -2.21. The van der Waals surface area contributed by atoms with Gasteiger partial charge in [-0.1, -0.05) is 42.8 Å². The Kier molecular flexibility index (Phi) is 7.31. The van der Waals surface area contributed by atoms with Crippen LogP contribution in [-0.4, -0.2) is 41.4 Å². The molecule has 0 spiro atoms. The second kappa shape index (κ2) is 9.47.